The van der Waals surface area contributed by atoms with Crippen molar-refractivity contribution in [3.63, 3.8) is 0 Å². The van der Waals surface area contributed by atoms with Crippen LogP contribution >= 0.6 is 11.6 Å². The summed E-state index contributed by atoms with van der Waals surface area (Å²) in [7, 11) is -3.60. The van der Waals surface area contributed by atoms with Crippen LogP contribution in [0.4, 0.5) is 5.69 Å². The van der Waals surface area contributed by atoms with Crippen LogP contribution in [0.25, 0.3) is 0 Å². The summed E-state index contributed by atoms with van der Waals surface area (Å²) in [5, 5.41) is 0.589. The van der Waals surface area contributed by atoms with Gasteiger partial charge in [-0.1, -0.05) is 29.8 Å². The van der Waals surface area contributed by atoms with Gasteiger partial charge >= 0.3 is 0 Å². The van der Waals surface area contributed by atoms with Gasteiger partial charge in [-0.05, 0) is 62.1 Å². The summed E-state index contributed by atoms with van der Waals surface area (Å²) in [5.41, 5.74) is 3.29. The largest absolute Gasteiger partial charge is 0.264 e. The van der Waals surface area contributed by atoms with Crippen LogP contribution in [0.1, 0.15) is 23.6 Å². The Hall–Kier alpha value is -1.52. The normalized spacial score (nSPS) is 17.6. The van der Waals surface area contributed by atoms with Gasteiger partial charge in [-0.15, -0.1) is 0 Å². The molecule has 1 aliphatic rings. The Balaban J connectivity index is 2.17. The number of hydrogen-bond donors (Lipinski definition) is 0. The van der Waals surface area contributed by atoms with E-state index in [1.165, 1.54) is 4.31 Å². The van der Waals surface area contributed by atoms with Gasteiger partial charge < -0.3 is 0 Å². The molecule has 1 heterocycles. The SMILES string of the molecule is Cc1cc(S(=O)(=O)N2c3ccccc3CC2C)c(C)cc1Cl. The van der Waals surface area contributed by atoms with Crippen LogP contribution in [0.2, 0.25) is 5.02 Å². The van der Waals surface area contributed by atoms with Crippen molar-refractivity contribution in [2.24, 2.45) is 0 Å². The molecular weight excluding hydrogens is 318 g/mol. The third-order valence-electron chi connectivity index (χ3n) is 4.14. The second-order valence-electron chi connectivity index (χ2n) is 5.85. The Labute approximate surface area is 136 Å². The molecule has 2 aromatic carbocycles. The number of benzene rings is 2. The minimum atomic E-state index is -3.60. The molecule has 0 aromatic heterocycles. The van der Waals surface area contributed by atoms with Gasteiger partial charge in [0, 0.05) is 11.1 Å². The molecular formula is C17H18ClNO2S. The average Bonchev–Trinajstić information content (AvgIpc) is 2.79. The number of nitrogens with zero attached hydrogens (tertiary/aromatic N) is 1. The van der Waals surface area contributed by atoms with E-state index in [0.29, 0.717) is 15.5 Å². The molecule has 1 aliphatic heterocycles. The van der Waals surface area contributed by atoms with Crippen molar-refractivity contribution in [2.75, 3.05) is 4.31 Å². The number of anilines is 1. The van der Waals surface area contributed by atoms with Crippen LogP contribution in [-0.2, 0) is 16.4 Å². The first-order valence-corrected chi connectivity index (χ1v) is 9.03. The Morgan fingerprint density at radius 3 is 2.55 bits per heavy atom. The summed E-state index contributed by atoms with van der Waals surface area (Å²) in [6.07, 6.45) is 0.737. The van der Waals surface area contributed by atoms with E-state index in [4.69, 9.17) is 11.6 Å². The van der Waals surface area contributed by atoms with Crippen LogP contribution in [0.3, 0.4) is 0 Å². The third-order valence-corrected chi connectivity index (χ3v) is 6.62. The molecule has 1 atom stereocenters. The zero-order valence-corrected chi connectivity index (χ0v) is 14.4. The van der Waals surface area contributed by atoms with E-state index < -0.39 is 10.0 Å². The van der Waals surface area contributed by atoms with Gasteiger partial charge in [-0.2, -0.15) is 0 Å². The molecule has 0 aliphatic carbocycles. The van der Waals surface area contributed by atoms with Gasteiger partial charge in [-0.25, -0.2) is 8.42 Å². The first-order chi connectivity index (χ1) is 10.3. The third kappa shape index (κ3) is 2.31. The fourth-order valence-electron chi connectivity index (χ4n) is 3.04. The fraction of sp³-hybridized carbons (Fsp3) is 0.294. The molecule has 0 radical (unpaired) electrons. The molecule has 0 saturated carbocycles. The van der Waals surface area contributed by atoms with Gasteiger partial charge in [0.1, 0.15) is 0 Å². The fourth-order valence-corrected chi connectivity index (χ4v) is 5.25. The first kappa shape index (κ1) is 15.4. The smallest absolute Gasteiger partial charge is 0.263 e. The lowest BCUT2D eigenvalue weighted by molar-refractivity contribution is 0.583. The van der Waals surface area contributed by atoms with Crippen molar-refractivity contribution in [3.05, 3.63) is 58.1 Å². The van der Waals surface area contributed by atoms with E-state index in [9.17, 15) is 8.42 Å². The maximum absolute atomic E-state index is 13.2. The second kappa shape index (κ2) is 5.28. The van der Waals surface area contributed by atoms with Crippen molar-refractivity contribution in [1.82, 2.24) is 0 Å². The molecule has 116 valence electrons. The topological polar surface area (TPSA) is 37.4 Å². The molecule has 0 fully saturated rings. The van der Waals surface area contributed by atoms with Crippen molar-refractivity contribution in [3.8, 4) is 0 Å². The van der Waals surface area contributed by atoms with Gasteiger partial charge in [-0.3, -0.25) is 4.31 Å². The number of fused-ring (bicyclic) bond motifs is 1. The monoisotopic (exact) mass is 335 g/mol. The molecule has 0 saturated heterocycles. The summed E-state index contributed by atoms with van der Waals surface area (Å²) < 4.78 is 27.9. The lowest BCUT2D eigenvalue weighted by atomic mass is 10.1. The first-order valence-electron chi connectivity index (χ1n) is 7.21. The van der Waals surface area contributed by atoms with E-state index in [0.717, 1.165) is 23.2 Å². The minimum Gasteiger partial charge on any atom is -0.263 e. The maximum Gasteiger partial charge on any atom is 0.264 e. The standard InChI is InChI=1S/C17H18ClNO2S/c1-11-9-17(12(2)8-15(11)18)22(20,21)19-13(3)10-14-6-4-5-7-16(14)19/h4-9,13H,10H2,1-3H3. The quantitative estimate of drug-likeness (QED) is 0.828. The van der Waals surface area contributed by atoms with Gasteiger partial charge in [0.05, 0.1) is 10.6 Å². The summed E-state index contributed by atoms with van der Waals surface area (Å²) in [6, 6.07) is 11.0. The van der Waals surface area contributed by atoms with E-state index in [-0.39, 0.29) is 6.04 Å². The Morgan fingerprint density at radius 1 is 1.14 bits per heavy atom. The average molecular weight is 336 g/mol. The Bertz CT molecular complexity index is 846. The number of rotatable bonds is 2. The van der Waals surface area contributed by atoms with Crippen LogP contribution < -0.4 is 4.31 Å². The molecule has 3 rings (SSSR count). The number of aryl methyl sites for hydroxylation is 2. The highest BCUT2D eigenvalue weighted by Gasteiger charge is 2.36. The molecule has 0 spiro atoms. The molecule has 1 unspecified atom stereocenters. The van der Waals surface area contributed by atoms with Crippen molar-refractivity contribution < 1.29 is 8.42 Å². The molecule has 0 amide bonds. The second-order valence-corrected chi connectivity index (χ2v) is 8.04. The summed E-state index contributed by atoms with van der Waals surface area (Å²) in [4.78, 5) is 0.331. The van der Waals surface area contributed by atoms with Gasteiger partial charge in [0.15, 0.2) is 0 Å². The zero-order chi connectivity index (χ0) is 16.1. The predicted molar refractivity (Wildman–Crippen MR) is 90.2 cm³/mol. The van der Waals surface area contributed by atoms with Crippen molar-refractivity contribution in [1.29, 1.82) is 0 Å². The van der Waals surface area contributed by atoms with Crippen molar-refractivity contribution in [2.45, 2.75) is 38.1 Å². The zero-order valence-electron chi connectivity index (χ0n) is 12.8. The molecule has 2 aromatic rings. The molecule has 0 N–H and O–H groups in total. The lowest BCUT2D eigenvalue weighted by Crippen LogP contribution is -2.36. The number of sulfonamides is 1. The van der Waals surface area contributed by atoms with Crippen LogP contribution in [-0.4, -0.2) is 14.5 Å². The number of hydrogen-bond acceptors (Lipinski definition) is 2. The van der Waals surface area contributed by atoms with Crippen LogP contribution in [0.5, 0.6) is 0 Å². The summed E-state index contributed by atoms with van der Waals surface area (Å²) >= 11 is 6.10. The minimum absolute atomic E-state index is 0.0854. The van der Waals surface area contributed by atoms with E-state index in [2.05, 4.69) is 0 Å². The van der Waals surface area contributed by atoms with Crippen LogP contribution in [0, 0.1) is 13.8 Å². The van der Waals surface area contributed by atoms with Crippen LogP contribution in [0.15, 0.2) is 41.3 Å². The molecule has 0 bridgehead atoms. The summed E-state index contributed by atoms with van der Waals surface area (Å²) in [5.74, 6) is 0. The Kier molecular flexibility index (Phi) is 3.69. The predicted octanol–water partition coefficient (Wildman–Crippen LogP) is 4.10. The highest BCUT2D eigenvalue weighted by atomic mass is 35.5. The highest BCUT2D eigenvalue weighted by molar-refractivity contribution is 7.93. The van der Waals surface area contributed by atoms with Gasteiger partial charge in [0.2, 0.25) is 0 Å². The summed E-state index contributed by atoms with van der Waals surface area (Å²) in [6.45, 7) is 5.54. The molecule has 5 heteroatoms. The number of halogens is 1. The highest BCUT2D eigenvalue weighted by Crippen LogP contribution is 2.37. The van der Waals surface area contributed by atoms with E-state index >= 15 is 0 Å². The molecule has 3 nitrogen and oxygen atoms in total. The lowest BCUT2D eigenvalue weighted by Gasteiger charge is -2.25. The van der Waals surface area contributed by atoms with Gasteiger partial charge in [0.25, 0.3) is 10.0 Å². The maximum atomic E-state index is 13.2. The van der Waals surface area contributed by atoms with E-state index in [1.54, 1.807) is 19.1 Å². The van der Waals surface area contributed by atoms with E-state index in [1.807, 2.05) is 38.1 Å². The number of para-hydroxylation sites is 1. The molecule has 22 heavy (non-hydrogen) atoms. The Morgan fingerprint density at radius 2 is 1.82 bits per heavy atom. The van der Waals surface area contributed by atoms with Crippen molar-refractivity contribution >= 4 is 27.3 Å².